The first-order valence-electron chi connectivity index (χ1n) is 7.35. The summed E-state index contributed by atoms with van der Waals surface area (Å²) in [4.78, 5) is 20.2. The molecule has 126 valence electrons. The number of hydrogen-bond acceptors (Lipinski definition) is 5. The zero-order valence-electron chi connectivity index (χ0n) is 13.3. The molecular weight excluding hydrogens is 342 g/mol. The summed E-state index contributed by atoms with van der Waals surface area (Å²) in [5.74, 6) is 1.42. The van der Waals surface area contributed by atoms with Gasteiger partial charge in [-0.2, -0.15) is 0 Å². The van der Waals surface area contributed by atoms with Crippen molar-refractivity contribution in [1.82, 2.24) is 9.97 Å². The molecule has 0 saturated carbocycles. The van der Waals surface area contributed by atoms with Gasteiger partial charge < -0.3 is 14.8 Å². The minimum Gasteiger partial charge on any atom is -0.497 e. The summed E-state index contributed by atoms with van der Waals surface area (Å²) < 4.78 is 10.7. The molecule has 25 heavy (non-hydrogen) atoms. The van der Waals surface area contributed by atoms with Gasteiger partial charge in [-0.3, -0.25) is 4.79 Å². The van der Waals surface area contributed by atoms with Crippen LogP contribution in [0.3, 0.4) is 0 Å². The molecule has 0 bridgehead atoms. The predicted molar refractivity (Wildman–Crippen MR) is 94.5 cm³/mol. The maximum Gasteiger partial charge on any atom is 0.258 e. The molecule has 1 N–H and O–H groups in total. The van der Waals surface area contributed by atoms with Crippen molar-refractivity contribution in [2.24, 2.45) is 0 Å². The lowest BCUT2D eigenvalue weighted by Gasteiger charge is -2.08. The number of methoxy groups -OCH3 is 1. The van der Waals surface area contributed by atoms with Crippen LogP contribution in [0.15, 0.2) is 60.9 Å². The van der Waals surface area contributed by atoms with E-state index in [1.54, 1.807) is 55.6 Å². The van der Waals surface area contributed by atoms with Gasteiger partial charge in [0.1, 0.15) is 16.7 Å². The van der Waals surface area contributed by atoms with Crippen molar-refractivity contribution in [1.29, 1.82) is 0 Å². The number of carbonyl (C=O) groups is 1. The van der Waals surface area contributed by atoms with Crippen LogP contribution in [0.25, 0.3) is 0 Å². The highest BCUT2D eigenvalue weighted by Crippen LogP contribution is 2.23. The largest absolute Gasteiger partial charge is 0.497 e. The molecule has 0 aliphatic heterocycles. The summed E-state index contributed by atoms with van der Waals surface area (Å²) >= 11 is 5.91. The van der Waals surface area contributed by atoms with E-state index in [9.17, 15) is 4.79 Å². The number of carbonyl (C=O) groups excluding carboxylic acids is 1. The average molecular weight is 356 g/mol. The van der Waals surface area contributed by atoms with Crippen LogP contribution in [0, 0.1) is 0 Å². The van der Waals surface area contributed by atoms with Gasteiger partial charge in [0, 0.05) is 12.3 Å². The summed E-state index contributed by atoms with van der Waals surface area (Å²) in [5.41, 5.74) is 0.815. The lowest BCUT2D eigenvalue weighted by atomic mass is 10.2. The number of amides is 1. The topological polar surface area (TPSA) is 73.3 Å². The van der Waals surface area contributed by atoms with Crippen molar-refractivity contribution in [3.63, 3.8) is 0 Å². The fourth-order valence-electron chi connectivity index (χ4n) is 2.03. The number of nitrogens with one attached hydrogen (secondary N) is 1. The molecule has 0 fully saturated rings. The van der Waals surface area contributed by atoms with Gasteiger partial charge in [-0.1, -0.05) is 11.6 Å². The second-order valence-corrected chi connectivity index (χ2v) is 5.32. The Morgan fingerprint density at radius 2 is 1.80 bits per heavy atom. The highest BCUT2D eigenvalue weighted by Gasteiger charge is 2.11. The van der Waals surface area contributed by atoms with Crippen LogP contribution in [0.1, 0.15) is 10.4 Å². The number of aromatic nitrogens is 2. The Hall–Kier alpha value is -3.12. The minimum atomic E-state index is -0.358. The standard InChI is InChI=1S/C18H14ClN3O3/c1-24-13-5-7-14(8-6-13)25-16-9-4-12(11-21-16)22-18(23)15-3-2-10-20-17(15)19/h2-11H,1H3,(H,22,23). The molecule has 0 unspecified atom stereocenters. The van der Waals surface area contributed by atoms with Crippen molar-refractivity contribution in [2.45, 2.75) is 0 Å². The Balaban J connectivity index is 1.65. The number of benzene rings is 1. The van der Waals surface area contributed by atoms with E-state index in [2.05, 4.69) is 15.3 Å². The van der Waals surface area contributed by atoms with E-state index in [0.29, 0.717) is 22.9 Å². The highest BCUT2D eigenvalue weighted by atomic mass is 35.5. The Morgan fingerprint density at radius 1 is 1.04 bits per heavy atom. The van der Waals surface area contributed by atoms with E-state index in [-0.39, 0.29) is 11.1 Å². The summed E-state index contributed by atoms with van der Waals surface area (Å²) in [7, 11) is 1.60. The quantitative estimate of drug-likeness (QED) is 0.695. The van der Waals surface area contributed by atoms with Gasteiger partial charge in [-0.05, 0) is 42.5 Å². The Kier molecular flexibility index (Phi) is 5.11. The first-order chi connectivity index (χ1) is 12.2. The molecule has 1 aromatic carbocycles. The monoisotopic (exact) mass is 355 g/mol. The summed E-state index contributed by atoms with van der Waals surface area (Å²) in [5, 5.41) is 2.85. The van der Waals surface area contributed by atoms with Gasteiger partial charge in [0.25, 0.3) is 5.91 Å². The maximum absolute atomic E-state index is 12.2. The molecule has 7 heteroatoms. The first kappa shape index (κ1) is 16.7. The van der Waals surface area contributed by atoms with Crippen molar-refractivity contribution in [3.8, 4) is 17.4 Å². The molecule has 0 spiro atoms. The van der Waals surface area contributed by atoms with Gasteiger partial charge >= 0.3 is 0 Å². The van der Waals surface area contributed by atoms with Crippen LogP contribution < -0.4 is 14.8 Å². The van der Waals surface area contributed by atoms with E-state index < -0.39 is 0 Å². The molecule has 0 aliphatic carbocycles. The first-order valence-corrected chi connectivity index (χ1v) is 7.73. The second-order valence-electron chi connectivity index (χ2n) is 4.96. The van der Waals surface area contributed by atoms with Gasteiger partial charge in [0.2, 0.25) is 5.88 Å². The van der Waals surface area contributed by atoms with Crippen LogP contribution in [0.5, 0.6) is 17.4 Å². The number of hydrogen-bond donors (Lipinski definition) is 1. The molecule has 0 saturated heterocycles. The van der Waals surface area contributed by atoms with E-state index in [1.165, 1.54) is 12.4 Å². The number of ether oxygens (including phenoxy) is 2. The lowest BCUT2D eigenvalue weighted by molar-refractivity contribution is 0.102. The molecule has 1 amide bonds. The number of nitrogens with zero attached hydrogens (tertiary/aromatic N) is 2. The van der Waals surface area contributed by atoms with Crippen molar-refractivity contribution in [3.05, 3.63) is 71.6 Å². The Labute approximate surface area is 149 Å². The zero-order valence-corrected chi connectivity index (χ0v) is 14.0. The lowest BCUT2D eigenvalue weighted by Crippen LogP contribution is -2.13. The van der Waals surface area contributed by atoms with Crippen LogP contribution in [-0.2, 0) is 0 Å². The van der Waals surface area contributed by atoms with E-state index in [4.69, 9.17) is 21.1 Å². The van der Waals surface area contributed by atoms with Gasteiger partial charge in [0.05, 0.1) is 24.6 Å². The third-order valence-electron chi connectivity index (χ3n) is 3.28. The van der Waals surface area contributed by atoms with Crippen LogP contribution in [-0.4, -0.2) is 23.0 Å². The summed E-state index contributed by atoms with van der Waals surface area (Å²) in [6.45, 7) is 0. The fourth-order valence-corrected chi connectivity index (χ4v) is 2.24. The van der Waals surface area contributed by atoms with Crippen LogP contribution >= 0.6 is 11.6 Å². The molecule has 3 rings (SSSR count). The molecule has 0 atom stereocenters. The van der Waals surface area contributed by atoms with E-state index in [0.717, 1.165) is 5.75 Å². The number of pyridine rings is 2. The van der Waals surface area contributed by atoms with Crippen LogP contribution in [0.4, 0.5) is 5.69 Å². The van der Waals surface area contributed by atoms with Crippen molar-refractivity contribution in [2.75, 3.05) is 12.4 Å². The molecule has 0 aliphatic rings. The van der Waals surface area contributed by atoms with Gasteiger partial charge in [-0.25, -0.2) is 9.97 Å². The second kappa shape index (κ2) is 7.63. The highest BCUT2D eigenvalue weighted by molar-refractivity contribution is 6.33. The molecule has 3 aromatic rings. The number of halogens is 1. The predicted octanol–water partition coefficient (Wildman–Crippen LogP) is 4.18. The molecule has 6 nitrogen and oxygen atoms in total. The Bertz CT molecular complexity index is 867. The molecular formula is C18H14ClN3O3. The normalized spacial score (nSPS) is 10.2. The van der Waals surface area contributed by atoms with Crippen LogP contribution in [0.2, 0.25) is 5.15 Å². The maximum atomic E-state index is 12.2. The molecule has 2 heterocycles. The molecule has 2 aromatic heterocycles. The summed E-state index contributed by atoms with van der Waals surface area (Å²) in [6, 6.07) is 13.7. The third kappa shape index (κ3) is 4.24. The van der Waals surface area contributed by atoms with Gasteiger partial charge in [-0.15, -0.1) is 0 Å². The number of anilines is 1. The third-order valence-corrected chi connectivity index (χ3v) is 3.58. The average Bonchev–Trinajstić information content (AvgIpc) is 2.64. The minimum absolute atomic E-state index is 0.146. The van der Waals surface area contributed by atoms with E-state index >= 15 is 0 Å². The van der Waals surface area contributed by atoms with E-state index in [1.807, 2.05) is 0 Å². The fraction of sp³-hybridized carbons (Fsp3) is 0.0556. The smallest absolute Gasteiger partial charge is 0.258 e. The SMILES string of the molecule is COc1ccc(Oc2ccc(NC(=O)c3cccnc3Cl)cn2)cc1. The van der Waals surface area contributed by atoms with Crippen molar-refractivity contribution < 1.29 is 14.3 Å². The van der Waals surface area contributed by atoms with Gasteiger partial charge in [0.15, 0.2) is 0 Å². The van der Waals surface area contributed by atoms with Crippen molar-refractivity contribution >= 4 is 23.2 Å². The summed E-state index contributed by atoms with van der Waals surface area (Å²) in [6.07, 6.45) is 3.02. The zero-order chi connectivity index (χ0) is 17.6. The number of rotatable bonds is 5. The molecule has 0 radical (unpaired) electrons. The Morgan fingerprint density at radius 3 is 2.44 bits per heavy atom.